The highest BCUT2D eigenvalue weighted by atomic mass is 35.5. The molecule has 2 unspecified atom stereocenters. The largest absolute Gasteiger partial charge is 0.481 e. The Morgan fingerprint density at radius 3 is 2.14 bits per heavy atom. The van der Waals surface area contributed by atoms with Gasteiger partial charge in [0.15, 0.2) is 30.0 Å². The van der Waals surface area contributed by atoms with Gasteiger partial charge in [0, 0.05) is 37.1 Å². The number of aromatic nitrogens is 4. The minimum atomic E-state index is -4.64. The van der Waals surface area contributed by atoms with Crippen molar-refractivity contribution >= 4 is 82.0 Å². The molecule has 0 saturated heterocycles. The van der Waals surface area contributed by atoms with Gasteiger partial charge in [-0.25, -0.2) is 23.6 Å². The highest BCUT2D eigenvalue weighted by Gasteiger charge is 2.42. The van der Waals surface area contributed by atoms with Gasteiger partial charge in [0.25, 0.3) is 27.7 Å². The number of fused-ring (bicyclic) bond motifs is 1. The normalized spacial score (nSPS) is 15.7. The fraction of sp³-hybridized carbons (Fsp3) is 0.361. The lowest BCUT2D eigenvalue weighted by atomic mass is 9.93. The van der Waals surface area contributed by atoms with Crippen molar-refractivity contribution in [1.82, 2.24) is 24.5 Å². The number of carboxylic acids is 2. The number of urea groups is 1. The number of aromatic carboxylic acids is 1. The zero-order valence-corrected chi connectivity index (χ0v) is 36.6. The number of hydrogen-bond donors (Lipinski definition) is 6. The van der Waals surface area contributed by atoms with Crippen LogP contribution >= 0.6 is 19.0 Å². The Hall–Kier alpha value is -6.65. The first-order chi connectivity index (χ1) is 29.9. The number of halogens is 2. The van der Waals surface area contributed by atoms with E-state index in [9.17, 15) is 46.1 Å². The molecule has 2 atom stereocenters. The molecule has 0 fully saturated rings. The van der Waals surface area contributed by atoms with Gasteiger partial charge in [0.2, 0.25) is 17.7 Å². The predicted octanol–water partition coefficient (Wildman–Crippen LogP) is 1.71. The van der Waals surface area contributed by atoms with Crippen LogP contribution in [0.3, 0.4) is 0 Å². The predicted molar refractivity (Wildman–Crippen MR) is 222 cm³/mol. The van der Waals surface area contributed by atoms with Gasteiger partial charge >= 0.3 is 18.0 Å². The average Bonchev–Trinajstić information content (AvgIpc) is 3.68. The van der Waals surface area contributed by atoms with Crippen LogP contribution in [-0.2, 0) is 40.8 Å². The zero-order chi connectivity index (χ0) is 47.8. The molecular formula is C36H40ClFN9O15PS. The Labute approximate surface area is 368 Å². The van der Waals surface area contributed by atoms with E-state index in [2.05, 4.69) is 26.3 Å². The molecule has 3 aliphatic rings. The summed E-state index contributed by atoms with van der Waals surface area (Å²) in [6.07, 6.45) is 8.01. The number of hydrogen-bond acceptors (Lipinski definition) is 16. The van der Waals surface area contributed by atoms with E-state index in [0.717, 1.165) is 30.9 Å². The number of nitrogens with zero attached hydrogens (tertiary/aromatic N) is 6. The van der Waals surface area contributed by atoms with Crippen LogP contribution in [0.25, 0.3) is 0 Å². The molecule has 0 spiro atoms. The molecule has 0 bridgehead atoms. The van der Waals surface area contributed by atoms with Crippen molar-refractivity contribution in [2.24, 2.45) is 12.8 Å². The van der Waals surface area contributed by atoms with Crippen molar-refractivity contribution in [2.75, 3.05) is 55.3 Å². The van der Waals surface area contributed by atoms with Gasteiger partial charge in [-0.3, -0.25) is 38.6 Å². The van der Waals surface area contributed by atoms with Crippen LogP contribution < -0.4 is 39.8 Å². The van der Waals surface area contributed by atoms with Gasteiger partial charge in [-0.15, -0.1) is 6.42 Å². The molecule has 4 heterocycles. The maximum absolute atomic E-state index is 14.7. The first kappa shape index (κ1) is 50.0. The third-order valence-electron chi connectivity index (χ3n) is 8.99. The highest BCUT2D eigenvalue weighted by Crippen LogP contribution is 2.42. The standard InChI is InChI=1S/C19H15FN2O4.C12H13ClN6O7S.C5H12NO4P/c1-2-7-21-15-9-14(13(20)8-16(15)26-10-17(21)23)22-18(24)11-5-3-4-6-12(11)19(22)25;1-19-9(7(10(20)21)8(13)17-19)27(23,24)18-12(22)16-11-14-5(25-2)4-6(15-11)26-3;1-11(9,10)3-2-4(6)5(7)8/h1,8-9H,3-7,10H2;4H,1-3H3,(H,20,21)(H2,14,15,16,18,22);4H,2-3,6H2,1H3,(H,7,8)(H,9,10). The van der Waals surface area contributed by atoms with Crippen LogP contribution in [0.1, 0.15) is 42.5 Å². The Balaban J connectivity index is 0.000000229. The number of amides is 5. The van der Waals surface area contributed by atoms with E-state index < -0.39 is 74.8 Å². The first-order valence-corrected chi connectivity index (χ1v) is 22.4. The lowest BCUT2D eigenvalue weighted by Gasteiger charge is -2.29. The number of terminal acetylenes is 1. The Morgan fingerprint density at radius 1 is 1.06 bits per heavy atom. The zero-order valence-electron chi connectivity index (χ0n) is 34.2. The molecule has 0 radical (unpaired) electrons. The number of imide groups is 1. The number of benzene rings is 1. The molecule has 24 nitrogen and oxygen atoms in total. The van der Waals surface area contributed by atoms with E-state index >= 15 is 0 Å². The lowest BCUT2D eigenvalue weighted by molar-refractivity contribution is -0.138. The fourth-order valence-corrected chi connectivity index (χ4v) is 8.37. The number of nitrogens with two attached hydrogens (primary N) is 1. The second-order valence-corrected chi connectivity index (χ2v) is 18.1. The Bertz CT molecular complexity index is 2580. The number of carbonyl (C=O) groups excluding carboxylic acids is 4. The van der Waals surface area contributed by atoms with Gasteiger partial charge in [0.05, 0.1) is 38.2 Å². The number of ether oxygens (including phenoxy) is 3. The fourth-order valence-electron chi connectivity index (χ4n) is 6.04. The molecule has 6 rings (SSSR count). The smallest absolute Gasteiger partial charge is 0.341 e. The molecule has 2 aliphatic heterocycles. The molecule has 1 aliphatic carbocycles. The highest BCUT2D eigenvalue weighted by molar-refractivity contribution is 7.90. The molecule has 7 N–H and O–H groups in total. The van der Waals surface area contributed by atoms with Crippen LogP contribution in [0.4, 0.5) is 26.5 Å². The molecule has 64 heavy (non-hydrogen) atoms. The summed E-state index contributed by atoms with van der Waals surface area (Å²) in [5.74, 6) is -2.59. The molecule has 2 aromatic heterocycles. The number of methoxy groups -OCH3 is 2. The van der Waals surface area contributed by atoms with E-state index in [0.29, 0.717) is 28.7 Å². The van der Waals surface area contributed by atoms with Crippen molar-refractivity contribution in [3.8, 4) is 29.9 Å². The molecule has 3 aromatic rings. The molecule has 28 heteroatoms. The summed E-state index contributed by atoms with van der Waals surface area (Å²) in [5.41, 5.74) is 5.31. The van der Waals surface area contributed by atoms with Gasteiger partial charge in [-0.1, -0.05) is 17.5 Å². The van der Waals surface area contributed by atoms with E-state index in [4.69, 9.17) is 53.1 Å². The number of carbonyl (C=O) groups is 6. The molecule has 5 amide bonds. The summed E-state index contributed by atoms with van der Waals surface area (Å²) in [4.78, 5) is 89.3. The third kappa shape index (κ3) is 11.9. The first-order valence-electron chi connectivity index (χ1n) is 18.3. The van der Waals surface area contributed by atoms with Crippen LogP contribution in [-0.4, -0.2) is 125 Å². The van der Waals surface area contributed by atoms with E-state index in [1.165, 1.54) is 37.9 Å². The summed E-state index contributed by atoms with van der Waals surface area (Å²) in [5, 5.41) is 21.7. The lowest BCUT2D eigenvalue weighted by Crippen LogP contribution is -2.39. The summed E-state index contributed by atoms with van der Waals surface area (Å²) >= 11 is 5.63. The van der Waals surface area contributed by atoms with Crippen LogP contribution in [0.2, 0.25) is 5.15 Å². The Kier molecular flexibility index (Phi) is 16.2. The van der Waals surface area contributed by atoms with Gasteiger partial charge in [0.1, 0.15) is 17.4 Å². The van der Waals surface area contributed by atoms with Crippen molar-refractivity contribution in [1.29, 1.82) is 0 Å². The molecular weight excluding hydrogens is 916 g/mol. The van der Waals surface area contributed by atoms with Crippen LogP contribution in [0.15, 0.2) is 34.4 Å². The van der Waals surface area contributed by atoms with E-state index in [1.807, 2.05) is 0 Å². The maximum atomic E-state index is 14.7. The van der Waals surface area contributed by atoms with Gasteiger partial charge in [-0.2, -0.15) is 23.5 Å². The maximum Gasteiger partial charge on any atom is 0.341 e. The summed E-state index contributed by atoms with van der Waals surface area (Å²) in [6.45, 7) is 0.920. The number of rotatable bonds is 12. The number of aliphatic carboxylic acids is 1. The second-order valence-electron chi connectivity index (χ2n) is 13.6. The van der Waals surface area contributed by atoms with Crippen LogP contribution in [0, 0.1) is 18.2 Å². The number of aryl methyl sites for hydroxylation is 1. The summed E-state index contributed by atoms with van der Waals surface area (Å²) in [6, 6.07) is 1.40. The SMILES string of the molecule is C#CCN1C(=O)COc2cc(F)c(N3C(=O)C4=C(CCCC4)C3=O)cc21.COc1cc(OC)nc(NC(=O)NS(=O)(=O)c2c(C(=O)O)c(Cl)nn2C)n1.CP(=O)(O)CCC(N)C(=O)O. The van der Waals surface area contributed by atoms with E-state index in [-0.39, 0.29) is 66.5 Å². The number of anilines is 3. The average molecular weight is 956 g/mol. The minimum Gasteiger partial charge on any atom is -0.481 e. The quantitative estimate of drug-likeness (QED) is 0.0855. The molecule has 0 saturated carbocycles. The molecule has 1 aromatic carbocycles. The van der Waals surface area contributed by atoms with Crippen molar-refractivity contribution in [3.63, 3.8) is 0 Å². The van der Waals surface area contributed by atoms with Crippen molar-refractivity contribution in [2.45, 2.75) is 43.2 Å². The van der Waals surface area contributed by atoms with Crippen molar-refractivity contribution in [3.05, 3.63) is 45.9 Å². The third-order valence-corrected chi connectivity index (χ3v) is 11.8. The summed E-state index contributed by atoms with van der Waals surface area (Å²) < 4.78 is 67.5. The molecule has 344 valence electrons. The van der Waals surface area contributed by atoms with Gasteiger partial charge < -0.3 is 35.1 Å². The second kappa shape index (κ2) is 20.7. The van der Waals surface area contributed by atoms with Gasteiger partial charge in [-0.05, 0) is 38.2 Å². The minimum absolute atomic E-state index is 0.0170. The number of sulfonamides is 1. The van der Waals surface area contributed by atoms with E-state index in [1.54, 1.807) is 4.72 Å². The summed E-state index contributed by atoms with van der Waals surface area (Å²) in [7, 11) is -3.96. The number of nitrogens with one attached hydrogen (secondary N) is 2. The Morgan fingerprint density at radius 2 is 1.64 bits per heavy atom. The monoisotopic (exact) mass is 955 g/mol. The van der Waals surface area contributed by atoms with Crippen molar-refractivity contribution < 1.29 is 75.5 Å². The van der Waals surface area contributed by atoms with Crippen LogP contribution in [0.5, 0.6) is 17.5 Å². The number of carboxylic acid groups (broad SMARTS) is 2. The topological polar surface area (TPSA) is 342 Å².